The van der Waals surface area contributed by atoms with Gasteiger partial charge in [-0.25, -0.2) is 0 Å². The number of aromatic nitrogens is 3. The van der Waals surface area contributed by atoms with Crippen molar-refractivity contribution in [2.75, 3.05) is 7.05 Å². The molecule has 1 aromatic heterocycles. The zero-order valence-corrected chi connectivity index (χ0v) is 20.2. The van der Waals surface area contributed by atoms with Crippen LogP contribution in [0.2, 0.25) is 0 Å². The van der Waals surface area contributed by atoms with Crippen molar-refractivity contribution in [1.82, 2.24) is 25.4 Å². The van der Waals surface area contributed by atoms with Crippen LogP contribution in [0.3, 0.4) is 0 Å². The fourth-order valence-electron chi connectivity index (χ4n) is 2.56. The highest BCUT2D eigenvalue weighted by Crippen LogP contribution is 2.35. The Morgan fingerprint density at radius 3 is 2.27 bits per heavy atom. The molecular formula is C19H28F3IN6O. The van der Waals surface area contributed by atoms with Gasteiger partial charge in [-0.05, 0) is 45.4 Å². The summed E-state index contributed by atoms with van der Waals surface area (Å²) in [6, 6.07) is 3.98. The minimum absolute atomic E-state index is 0. The van der Waals surface area contributed by atoms with Crippen LogP contribution < -0.4 is 15.4 Å². The lowest BCUT2D eigenvalue weighted by molar-refractivity contribution is -0.138. The van der Waals surface area contributed by atoms with Gasteiger partial charge in [-0.1, -0.05) is 6.07 Å². The fourth-order valence-corrected chi connectivity index (χ4v) is 2.56. The molecule has 0 radical (unpaired) electrons. The first-order valence-electron chi connectivity index (χ1n) is 9.09. The third kappa shape index (κ3) is 7.33. The summed E-state index contributed by atoms with van der Waals surface area (Å²) in [5, 5.41) is 13.9. The van der Waals surface area contributed by atoms with Gasteiger partial charge < -0.3 is 19.9 Å². The Morgan fingerprint density at radius 1 is 1.13 bits per heavy atom. The summed E-state index contributed by atoms with van der Waals surface area (Å²) in [6.45, 7) is 7.46. The number of nitrogens with one attached hydrogen (secondary N) is 2. The van der Waals surface area contributed by atoms with Gasteiger partial charge in [-0.15, -0.1) is 34.2 Å². The van der Waals surface area contributed by atoms with Gasteiger partial charge in [0.05, 0.1) is 12.1 Å². The van der Waals surface area contributed by atoms with Crippen molar-refractivity contribution in [2.45, 2.75) is 52.6 Å². The van der Waals surface area contributed by atoms with Gasteiger partial charge in [0.2, 0.25) is 0 Å². The van der Waals surface area contributed by atoms with E-state index in [9.17, 15) is 13.2 Å². The number of rotatable bonds is 5. The van der Waals surface area contributed by atoms with E-state index in [-0.39, 0.29) is 41.8 Å². The molecule has 1 heterocycles. The molecular weight excluding hydrogens is 512 g/mol. The van der Waals surface area contributed by atoms with E-state index in [1.807, 2.05) is 18.5 Å². The second kappa shape index (κ2) is 10.3. The van der Waals surface area contributed by atoms with Crippen molar-refractivity contribution in [2.24, 2.45) is 12.0 Å². The molecule has 2 N–H and O–H groups in total. The SMILES string of the molecule is CN=C(NCc1ccc(OC(C)(C)C)cc1C(F)(F)F)NCc1nnc(C)n1C.I. The van der Waals surface area contributed by atoms with Crippen molar-refractivity contribution in [1.29, 1.82) is 0 Å². The number of nitrogens with zero attached hydrogens (tertiary/aromatic N) is 4. The molecule has 0 spiro atoms. The summed E-state index contributed by atoms with van der Waals surface area (Å²) < 4.78 is 48.0. The van der Waals surface area contributed by atoms with E-state index in [4.69, 9.17) is 4.74 Å². The average molecular weight is 540 g/mol. The summed E-state index contributed by atoms with van der Waals surface area (Å²) in [5.74, 6) is 1.98. The van der Waals surface area contributed by atoms with Gasteiger partial charge >= 0.3 is 6.18 Å². The van der Waals surface area contributed by atoms with Gasteiger partial charge in [0.25, 0.3) is 0 Å². The van der Waals surface area contributed by atoms with Crippen LogP contribution in [0.25, 0.3) is 0 Å². The lowest BCUT2D eigenvalue weighted by Crippen LogP contribution is -2.37. The van der Waals surface area contributed by atoms with Crippen molar-refractivity contribution in [3.05, 3.63) is 41.0 Å². The Morgan fingerprint density at radius 2 is 1.77 bits per heavy atom. The quantitative estimate of drug-likeness (QED) is 0.343. The predicted octanol–water partition coefficient (Wildman–Crippen LogP) is 3.80. The molecule has 0 saturated heterocycles. The summed E-state index contributed by atoms with van der Waals surface area (Å²) in [7, 11) is 3.38. The zero-order chi connectivity index (χ0) is 21.8. The standard InChI is InChI=1S/C19H27F3N6O.HI/c1-12-26-27-16(28(12)6)11-25-17(23-5)24-10-13-7-8-14(29-18(2,3)4)9-15(13)19(20,21)22;/h7-9H,10-11H2,1-6H3,(H2,23,24,25);1H. The lowest BCUT2D eigenvalue weighted by atomic mass is 10.1. The first kappa shape index (κ1) is 26.0. The number of benzene rings is 1. The normalized spacial score (nSPS) is 12.4. The van der Waals surface area contributed by atoms with Crippen molar-refractivity contribution in [3.63, 3.8) is 0 Å². The largest absolute Gasteiger partial charge is 0.488 e. The number of alkyl halides is 3. The van der Waals surface area contributed by atoms with E-state index in [1.165, 1.54) is 12.1 Å². The van der Waals surface area contributed by atoms with Crippen LogP contribution in [0, 0.1) is 6.92 Å². The van der Waals surface area contributed by atoms with E-state index in [0.717, 1.165) is 11.9 Å². The first-order chi connectivity index (χ1) is 13.4. The van der Waals surface area contributed by atoms with Gasteiger partial charge in [0.1, 0.15) is 17.2 Å². The molecule has 0 aliphatic heterocycles. The fraction of sp³-hybridized carbons (Fsp3) is 0.526. The molecule has 0 amide bonds. The van der Waals surface area contributed by atoms with E-state index in [1.54, 1.807) is 27.8 Å². The summed E-state index contributed by atoms with van der Waals surface area (Å²) in [4.78, 5) is 4.04. The molecule has 2 rings (SSSR count). The maximum Gasteiger partial charge on any atom is 0.416 e. The average Bonchev–Trinajstić information content (AvgIpc) is 2.92. The Labute approximate surface area is 191 Å². The molecule has 0 atom stereocenters. The minimum atomic E-state index is -4.50. The molecule has 0 unspecified atom stereocenters. The highest BCUT2D eigenvalue weighted by Gasteiger charge is 2.34. The first-order valence-corrected chi connectivity index (χ1v) is 9.09. The molecule has 1 aromatic carbocycles. The molecule has 30 heavy (non-hydrogen) atoms. The van der Waals surface area contributed by atoms with Gasteiger partial charge in [-0.2, -0.15) is 13.2 Å². The van der Waals surface area contributed by atoms with Crippen LogP contribution in [0.1, 0.15) is 43.5 Å². The van der Waals surface area contributed by atoms with Crippen LogP contribution in [-0.2, 0) is 26.3 Å². The molecule has 0 aliphatic carbocycles. The van der Waals surface area contributed by atoms with Crippen LogP contribution in [-0.4, -0.2) is 33.4 Å². The number of ether oxygens (including phenoxy) is 1. The maximum atomic E-state index is 13.5. The van der Waals surface area contributed by atoms with Gasteiger partial charge in [0, 0.05) is 20.6 Å². The zero-order valence-electron chi connectivity index (χ0n) is 17.9. The summed E-state index contributed by atoms with van der Waals surface area (Å²) >= 11 is 0. The van der Waals surface area contributed by atoms with Crippen molar-refractivity contribution < 1.29 is 17.9 Å². The van der Waals surface area contributed by atoms with Crippen LogP contribution in [0.5, 0.6) is 5.75 Å². The summed E-state index contributed by atoms with van der Waals surface area (Å²) in [5.41, 5.74) is -1.24. The number of hydrogen-bond donors (Lipinski definition) is 2. The van der Waals surface area contributed by atoms with Crippen LogP contribution >= 0.6 is 24.0 Å². The van der Waals surface area contributed by atoms with E-state index < -0.39 is 17.3 Å². The van der Waals surface area contributed by atoms with Crippen LogP contribution in [0.15, 0.2) is 23.2 Å². The Kier molecular flexibility index (Phi) is 8.93. The molecule has 0 saturated carbocycles. The number of aliphatic imine (C=N–C) groups is 1. The predicted molar refractivity (Wildman–Crippen MR) is 120 cm³/mol. The molecule has 7 nitrogen and oxygen atoms in total. The smallest absolute Gasteiger partial charge is 0.416 e. The second-order valence-corrected chi connectivity index (χ2v) is 7.53. The number of guanidine groups is 1. The Balaban J connectivity index is 0.00000450. The monoisotopic (exact) mass is 540 g/mol. The topological polar surface area (TPSA) is 76.4 Å². The summed E-state index contributed by atoms with van der Waals surface area (Å²) in [6.07, 6.45) is -4.50. The number of hydrogen-bond acceptors (Lipinski definition) is 4. The van der Waals surface area contributed by atoms with Gasteiger partial charge in [-0.3, -0.25) is 4.99 Å². The second-order valence-electron chi connectivity index (χ2n) is 7.53. The molecule has 0 aliphatic rings. The Bertz CT molecular complexity index is 874. The highest BCUT2D eigenvalue weighted by atomic mass is 127. The maximum absolute atomic E-state index is 13.5. The number of aryl methyl sites for hydroxylation is 1. The molecule has 0 bridgehead atoms. The third-order valence-corrected chi connectivity index (χ3v) is 4.08. The van der Waals surface area contributed by atoms with Gasteiger partial charge in [0.15, 0.2) is 11.8 Å². The number of halogens is 4. The van der Waals surface area contributed by atoms with Crippen LogP contribution in [0.4, 0.5) is 13.2 Å². The van der Waals surface area contributed by atoms with E-state index in [2.05, 4.69) is 25.8 Å². The highest BCUT2D eigenvalue weighted by molar-refractivity contribution is 14.0. The third-order valence-electron chi connectivity index (χ3n) is 4.08. The molecule has 11 heteroatoms. The molecule has 2 aromatic rings. The molecule has 0 fully saturated rings. The Hall–Kier alpha value is -2.05. The van der Waals surface area contributed by atoms with E-state index >= 15 is 0 Å². The minimum Gasteiger partial charge on any atom is -0.488 e. The van der Waals surface area contributed by atoms with Crippen molar-refractivity contribution in [3.8, 4) is 5.75 Å². The van der Waals surface area contributed by atoms with E-state index in [0.29, 0.717) is 18.3 Å². The van der Waals surface area contributed by atoms with Crippen molar-refractivity contribution >= 4 is 29.9 Å². The molecule has 168 valence electrons. The lowest BCUT2D eigenvalue weighted by Gasteiger charge is -2.23.